The van der Waals surface area contributed by atoms with Crippen LogP contribution in [0.2, 0.25) is 0 Å². The van der Waals surface area contributed by atoms with Gasteiger partial charge in [-0.1, -0.05) is 62.4 Å². The Kier molecular flexibility index (Phi) is 15.1. The van der Waals surface area contributed by atoms with Crippen LogP contribution >= 0.6 is 0 Å². The molecule has 4 atom stereocenters. The molecule has 0 spiro atoms. The maximum Gasteiger partial charge on any atom is 0.243 e. The monoisotopic (exact) mass is 645 g/mol. The summed E-state index contributed by atoms with van der Waals surface area (Å²) in [7, 11) is 8.06. The number of carbonyl (C=O) groups is 3. The lowest BCUT2D eigenvalue weighted by atomic mass is 9.84. The Morgan fingerprint density at radius 3 is 2.38 bits per heavy atom. The lowest BCUT2D eigenvalue weighted by Crippen LogP contribution is -2.57. The molecule has 2 fully saturated rings. The number of aryl methyl sites for hydroxylation is 1. The van der Waals surface area contributed by atoms with E-state index in [4.69, 9.17) is 0 Å². The zero-order chi connectivity index (χ0) is 34.5. The first-order valence-corrected chi connectivity index (χ1v) is 17.5. The zero-order valence-corrected chi connectivity index (χ0v) is 30.0. The van der Waals surface area contributed by atoms with Crippen LogP contribution < -0.4 is 15.5 Å². The summed E-state index contributed by atoms with van der Waals surface area (Å²) < 4.78 is 0. The number of anilines is 1. The number of rotatable bonds is 14. The zero-order valence-electron chi connectivity index (χ0n) is 30.0. The van der Waals surface area contributed by atoms with Crippen molar-refractivity contribution < 1.29 is 14.4 Å². The largest absolute Gasteiger partial charge is 0.377 e. The number of Topliss-reactive ketones (excluding diaryl/α,β-unsaturated/α-hetero) is 1. The number of amides is 2. The quantitative estimate of drug-likeness (QED) is 0.265. The standard InChI is InChI=1S/C37H53N5O3.C2H6/c1-7-30-22-28(17-18-32(30)41(5)6)24-39-36(44)33-23-29(21-27-15-13-26(2)14-16-27)25-42(33)37(45)35-31(11-10-19-38-35)34(43)12-8-9-20-40(3)4;1-2/h7,13-18,22,29,31,33,35,38H,1,8-12,19-21,23-25H2,2-6H3,(H,39,44);1-2H3/t29-,31-,33+,35-;/m1./s1. The predicted octanol–water partition coefficient (Wildman–Crippen LogP) is 5.48. The number of ketones is 1. The average Bonchev–Trinajstić information content (AvgIpc) is 3.50. The molecular weight excluding hydrogens is 586 g/mol. The third kappa shape index (κ3) is 10.8. The second kappa shape index (κ2) is 18.7. The fourth-order valence-electron chi connectivity index (χ4n) is 6.80. The highest BCUT2D eigenvalue weighted by molar-refractivity contribution is 5.94. The van der Waals surface area contributed by atoms with Crippen LogP contribution in [-0.4, -0.2) is 87.3 Å². The highest BCUT2D eigenvalue weighted by Crippen LogP contribution is 2.31. The average molecular weight is 646 g/mol. The summed E-state index contributed by atoms with van der Waals surface area (Å²) >= 11 is 0. The number of nitrogens with zero attached hydrogens (tertiary/aromatic N) is 3. The van der Waals surface area contributed by atoms with E-state index in [1.54, 1.807) is 4.90 Å². The van der Waals surface area contributed by atoms with Gasteiger partial charge in [0.25, 0.3) is 0 Å². The molecule has 2 N–H and O–H groups in total. The van der Waals surface area contributed by atoms with Crippen molar-refractivity contribution in [2.24, 2.45) is 11.8 Å². The van der Waals surface area contributed by atoms with Gasteiger partial charge in [0.05, 0.1) is 6.04 Å². The van der Waals surface area contributed by atoms with E-state index in [0.717, 1.165) is 49.0 Å². The minimum atomic E-state index is -0.581. The molecule has 8 heteroatoms. The smallest absolute Gasteiger partial charge is 0.243 e. The summed E-state index contributed by atoms with van der Waals surface area (Å²) in [6, 6.07) is 13.4. The summed E-state index contributed by atoms with van der Waals surface area (Å²) in [6.45, 7) is 12.5. The molecule has 2 saturated heterocycles. The van der Waals surface area contributed by atoms with Gasteiger partial charge in [0, 0.05) is 45.2 Å². The van der Waals surface area contributed by atoms with Crippen LogP contribution in [-0.2, 0) is 27.3 Å². The highest BCUT2D eigenvalue weighted by atomic mass is 16.2. The molecule has 2 aromatic carbocycles. The number of hydrogen-bond acceptors (Lipinski definition) is 6. The van der Waals surface area contributed by atoms with Gasteiger partial charge in [0.1, 0.15) is 11.8 Å². The second-order valence-electron chi connectivity index (χ2n) is 13.4. The van der Waals surface area contributed by atoms with Crippen LogP contribution in [0.3, 0.4) is 0 Å². The molecular formula is C39H59N5O3. The number of likely N-dealkylation sites (tertiary alicyclic amines) is 1. The fourth-order valence-corrected chi connectivity index (χ4v) is 6.80. The van der Waals surface area contributed by atoms with Gasteiger partial charge in [0.15, 0.2) is 0 Å². The number of nitrogens with one attached hydrogen (secondary N) is 2. The summed E-state index contributed by atoms with van der Waals surface area (Å²) in [6.07, 6.45) is 7.07. The lowest BCUT2D eigenvalue weighted by Gasteiger charge is -2.35. The molecule has 2 aliphatic rings. The maximum absolute atomic E-state index is 14.3. The lowest BCUT2D eigenvalue weighted by molar-refractivity contribution is -0.143. The minimum Gasteiger partial charge on any atom is -0.377 e. The number of carbonyl (C=O) groups excluding carboxylic acids is 3. The van der Waals surface area contributed by atoms with Crippen molar-refractivity contribution in [3.05, 3.63) is 71.3 Å². The SMILES string of the molecule is C=Cc1cc(CNC(=O)[C@@H]2C[C@@H](Cc3ccc(C)cc3)CN2C(=O)[C@@H]2NCCC[C@@H]2C(=O)CCCCN(C)C)ccc1N(C)C.CC. The normalized spacial score (nSPS) is 20.7. The van der Waals surface area contributed by atoms with Crippen molar-refractivity contribution in [3.8, 4) is 0 Å². The molecule has 258 valence electrons. The van der Waals surface area contributed by atoms with Crippen molar-refractivity contribution in [1.29, 1.82) is 0 Å². The Bertz CT molecular complexity index is 1320. The molecule has 2 heterocycles. The second-order valence-corrected chi connectivity index (χ2v) is 13.4. The van der Waals surface area contributed by atoms with Crippen LogP contribution in [0.1, 0.15) is 74.6 Å². The van der Waals surface area contributed by atoms with E-state index in [2.05, 4.69) is 53.3 Å². The minimum absolute atomic E-state index is 0.114. The number of piperidine rings is 1. The van der Waals surface area contributed by atoms with Gasteiger partial charge in [-0.05, 0) is 107 Å². The Morgan fingerprint density at radius 2 is 1.72 bits per heavy atom. The van der Waals surface area contributed by atoms with Gasteiger partial charge < -0.3 is 25.3 Å². The number of hydrogen-bond donors (Lipinski definition) is 2. The van der Waals surface area contributed by atoms with Gasteiger partial charge in [-0.3, -0.25) is 14.4 Å². The van der Waals surface area contributed by atoms with E-state index in [9.17, 15) is 14.4 Å². The van der Waals surface area contributed by atoms with E-state index >= 15 is 0 Å². The van der Waals surface area contributed by atoms with E-state index in [-0.39, 0.29) is 29.4 Å². The molecule has 0 aliphatic carbocycles. The van der Waals surface area contributed by atoms with Crippen LogP contribution in [0.25, 0.3) is 6.08 Å². The van der Waals surface area contributed by atoms with Crippen LogP contribution in [0.15, 0.2) is 49.0 Å². The molecule has 0 unspecified atom stereocenters. The topological polar surface area (TPSA) is 85.0 Å². The third-order valence-electron chi connectivity index (χ3n) is 9.30. The molecule has 0 bridgehead atoms. The predicted molar refractivity (Wildman–Crippen MR) is 194 cm³/mol. The summed E-state index contributed by atoms with van der Waals surface area (Å²) in [5, 5.41) is 6.51. The van der Waals surface area contributed by atoms with Gasteiger partial charge >= 0.3 is 0 Å². The number of unbranched alkanes of at least 4 members (excludes halogenated alkanes) is 1. The number of benzene rings is 2. The van der Waals surface area contributed by atoms with E-state index in [0.29, 0.717) is 38.9 Å². The Morgan fingerprint density at radius 1 is 1.02 bits per heavy atom. The first-order valence-electron chi connectivity index (χ1n) is 17.5. The van der Waals surface area contributed by atoms with Gasteiger partial charge in [-0.25, -0.2) is 0 Å². The molecule has 2 amide bonds. The van der Waals surface area contributed by atoms with Crippen molar-refractivity contribution in [2.75, 3.05) is 52.7 Å². The Balaban J connectivity index is 0.00000294. The molecule has 47 heavy (non-hydrogen) atoms. The molecule has 0 saturated carbocycles. The van der Waals surface area contributed by atoms with Crippen LogP contribution in [0, 0.1) is 18.8 Å². The van der Waals surface area contributed by atoms with Gasteiger partial charge in [-0.2, -0.15) is 0 Å². The summed E-state index contributed by atoms with van der Waals surface area (Å²) in [5.74, 6) is -0.290. The maximum atomic E-state index is 14.3. The Labute approximate surface area is 284 Å². The molecule has 2 aromatic rings. The van der Waals surface area contributed by atoms with Crippen molar-refractivity contribution in [2.45, 2.75) is 84.3 Å². The summed E-state index contributed by atoms with van der Waals surface area (Å²) in [4.78, 5) is 47.4. The van der Waals surface area contributed by atoms with Crippen molar-refractivity contribution >= 4 is 29.4 Å². The van der Waals surface area contributed by atoms with E-state index in [1.807, 2.05) is 71.2 Å². The van der Waals surface area contributed by atoms with Crippen molar-refractivity contribution in [1.82, 2.24) is 20.4 Å². The van der Waals surface area contributed by atoms with E-state index in [1.165, 1.54) is 11.1 Å². The fraction of sp³-hybridized carbons (Fsp3) is 0.564. The van der Waals surface area contributed by atoms with Crippen molar-refractivity contribution in [3.63, 3.8) is 0 Å². The van der Waals surface area contributed by atoms with E-state index < -0.39 is 12.1 Å². The molecule has 0 aromatic heterocycles. The van der Waals surface area contributed by atoms with Gasteiger partial charge in [-0.15, -0.1) is 0 Å². The van der Waals surface area contributed by atoms with Crippen LogP contribution in [0.5, 0.6) is 0 Å². The summed E-state index contributed by atoms with van der Waals surface area (Å²) in [5.41, 5.74) is 5.46. The third-order valence-corrected chi connectivity index (χ3v) is 9.30. The van der Waals surface area contributed by atoms with Crippen LogP contribution in [0.4, 0.5) is 5.69 Å². The highest BCUT2D eigenvalue weighted by Gasteiger charge is 2.45. The first kappa shape index (κ1) is 38.0. The molecule has 8 nitrogen and oxygen atoms in total. The molecule has 2 aliphatic heterocycles. The molecule has 0 radical (unpaired) electrons. The first-order chi connectivity index (χ1) is 22.6. The van der Waals surface area contributed by atoms with Gasteiger partial charge in [0.2, 0.25) is 11.8 Å². The Hall–Kier alpha value is -3.49. The molecule has 4 rings (SSSR count).